The molecule has 0 aromatic rings. The minimum Gasteiger partial charge on any atom is -0.340 e. The number of hydrogen-bond acceptors (Lipinski definition) is 4. The van der Waals surface area contributed by atoms with Gasteiger partial charge in [-0.1, -0.05) is 0 Å². The van der Waals surface area contributed by atoms with Crippen molar-refractivity contribution < 1.29 is 4.79 Å². The molecule has 0 aromatic heterocycles. The van der Waals surface area contributed by atoms with E-state index in [4.69, 9.17) is 0 Å². The van der Waals surface area contributed by atoms with E-state index in [2.05, 4.69) is 27.1 Å². The summed E-state index contributed by atoms with van der Waals surface area (Å²) >= 11 is 0. The van der Waals surface area contributed by atoms with E-state index in [0.29, 0.717) is 5.91 Å². The topological polar surface area (TPSA) is 38.8 Å². The van der Waals surface area contributed by atoms with Crippen LogP contribution in [0.1, 0.15) is 12.8 Å². The molecule has 0 saturated carbocycles. The van der Waals surface area contributed by atoms with E-state index in [1.54, 1.807) is 0 Å². The molecule has 1 N–H and O–H groups in total. The molecule has 5 heteroatoms. The fraction of sp³-hybridized carbons (Fsp3) is 0.929. The number of rotatable bonds is 4. The number of likely N-dealkylation sites (tertiary alicyclic amines) is 1. The van der Waals surface area contributed by atoms with Crippen molar-refractivity contribution in [3.05, 3.63) is 0 Å². The molecular formula is C14H28N4O. The van der Waals surface area contributed by atoms with Crippen molar-refractivity contribution in [3.8, 4) is 0 Å². The summed E-state index contributed by atoms with van der Waals surface area (Å²) < 4.78 is 0. The smallest absolute Gasteiger partial charge is 0.227 e. The van der Waals surface area contributed by atoms with E-state index >= 15 is 0 Å². The van der Waals surface area contributed by atoms with Crippen LogP contribution in [0.5, 0.6) is 0 Å². The van der Waals surface area contributed by atoms with Crippen LogP contribution in [-0.2, 0) is 4.79 Å². The van der Waals surface area contributed by atoms with Gasteiger partial charge in [0.1, 0.15) is 0 Å². The van der Waals surface area contributed by atoms with Gasteiger partial charge in [-0.25, -0.2) is 0 Å². The van der Waals surface area contributed by atoms with E-state index in [1.165, 1.54) is 0 Å². The highest BCUT2D eigenvalue weighted by molar-refractivity contribution is 5.79. The summed E-state index contributed by atoms with van der Waals surface area (Å²) in [7, 11) is 4.11. The zero-order chi connectivity index (χ0) is 13.7. The second-order valence-corrected chi connectivity index (χ2v) is 5.87. The minimum atomic E-state index is 0.231. The lowest BCUT2D eigenvalue weighted by Gasteiger charge is -2.38. The van der Waals surface area contributed by atoms with Crippen LogP contribution in [0.2, 0.25) is 0 Å². The van der Waals surface area contributed by atoms with Gasteiger partial charge in [-0.3, -0.25) is 4.79 Å². The number of piperidine rings is 1. The number of hydrogen-bond donors (Lipinski definition) is 1. The summed E-state index contributed by atoms with van der Waals surface area (Å²) in [4.78, 5) is 19.3. The predicted molar refractivity (Wildman–Crippen MR) is 77.2 cm³/mol. The Morgan fingerprint density at radius 3 is 2.63 bits per heavy atom. The number of carbonyl (C=O) groups is 1. The molecule has 1 amide bonds. The van der Waals surface area contributed by atoms with E-state index in [-0.39, 0.29) is 5.92 Å². The molecule has 0 aliphatic carbocycles. The third-order valence-electron chi connectivity index (χ3n) is 4.35. The van der Waals surface area contributed by atoms with Gasteiger partial charge in [0.15, 0.2) is 0 Å². The van der Waals surface area contributed by atoms with Crippen LogP contribution in [0.3, 0.4) is 0 Å². The summed E-state index contributed by atoms with van der Waals surface area (Å²) in [5, 5.41) is 3.18. The van der Waals surface area contributed by atoms with Crippen LogP contribution in [0.4, 0.5) is 0 Å². The van der Waals surface area contributed by atoms with Crippen molar-refractivity contribution in [2.24, 2.45) is 5.92 Å². The number of likely N-dealkylation sites (N-methyl/N-ethyl adjacent to an activating group) is 2. The van der Waals surface area contributed by atoms with Crippen molar-refractivity contribution in [3.63, 3.8) is 0 Å². The first-order chi connectivity index (χ1) is 9.20. The fourth-order valence-corrected chi connectivity index (χ4v) is 3.02. The lowest BCUT2D eigenvalue weighted by molar-refractivity contribution is -0.138. The lowest BCUT2D eigenvalue weighted by Crippen LogP contribution is -2.52. The molecule has 2 aliphatic heterocycles. The van der Waals surface area contributed by atoms with Crippen molar-refractivity contribution in [2.75, 3.05) is 66.5 Å². The SMILES string of the molecule is CNCCN1CCCC(C(=O)N2CCN(C)CC2)C1. The number of carbonyl (C=O) groups excluding carboxylic acids is 1. The van der Waals surface area contributed by atoms with Gasteiger partial charge in [0, 0.05) is 45.8 Å². The molecular weight excluding hydrogens is 240 g/mol. The largest absolute Gasteiger partial charge is 0.340 e. The standard InChI is InChI=1S/C14H28N4O/c1-15-5-7-17-6-3-4-13(12-17)14(19)18-10-8-16(2)9-11-18/h13,15H,3-12H2,1-2H3. The van der Waals surface area contributed by atoms with E-state index in [1.807, 2.05) is 7.05 Å². The zero-order valence-corrected chi connectivity index (χ0v) is 12.4. The van der Waals surface area contributed by atoms with Gasteiger partial charge in [0.05, 0.1) is 5.92 Å². The average molecular weight is 268 g/mol. The van der Waals surface area contributed by atoms with Crippen LogP contribution >= 0.6 is 0 Å². The normalized spacial score (nSPS) is 26.6. The zero-order valence-electron chi connectivity index (χ0n) is 12.4. The van der Waals surface area contributed by atoms with Crippen molar-refractivity contribution in [1.82, 2.24) is 20.0 Å². The fourth-order valence-electron chi connectivity index (χ4n) is 3.02. The molecule has 19 heavy (non-hydrogen) atoms. The number of piperazine rings is 1. The van der Waals surface area contributed by atoms with Crippen molar-refractivity contribution >= 4 is 5.91 Å². The monoisotopic (exact) mass is 268 g/mol. The minimum absolute atomic E-state index is 0.231. The van der Waals surface area contributed by atoms with Crippen LogP contribution in [-0.4, -0.2) is 87.1 Å². The maximum absolute atomic E-state index is 12.5. The van der Waals surface area contributed by atoms with Crippen molar-refractivity contribution in [2.45, 2.75) is 12.8 Å². The van der Waals surface area contributed by atoms with Gasteiger partial charge in [0.2, 0.25) is 5.91 Å². The van der Waals surface area contributed by atoms with Gasteiger partial charge in [-0.05, 0) is 33.5 Å². The highest BCUT2D eigenvalue weighted by Gasteiger charge is 2.30. The van der Waals surface area contributed by atoms with Gasteiger partial charge < -0.3 is 20.0 Å². The lowest BCUT2D eigenvalue weighted by atomic mass is 9.96. The maximum Gasteiger partial charge on any atom is 0.227 e. The molecule has 2 saturated heterocycles. The number of nitrogens with one attached hydrogen (secondary N) is 1. The summed E-state index contributed by atoms with van der Waals surface area (Å²) in [5.41, 5.74) is 0. The molecule has 2 heterocycles. The Morgan fingerprint density at radius 2 is 1.95 bits per heavy atom. The highest BCUT2D eigenvalue weighted by Crippen LogP contribution is 2.19. The molecule has 2 aliphatic rings. The number of nitrogens with zero attached hydrogens (tertiary/aromatic N) is 3. The van der Waals surface area contributed by atoms with Crippen LogP contribution < -0.4 is 5.32 Å². The van der Waals surface area contributed by atoms with Gasteiger partial charge in [-0.2, -0.15) is 0 Å². The van der Waals surface area contributed by atoms with E-state index < -0.39 is 0 Å². The molecule has 2 rings (SSSR count). The summed E-state index contributed by atoms with van der Waals surface area (Å²) in [5.74, 6) is 0.622. The highest BCUT2D eigenvalue weighted by atomic mass is 16.2. The van der Waals surface area contributed by atoms with Gasteiger partial charge in [0.25, 0.3) is 0 Å². The Balaban J connectivity index is 1.81. The first-order valence-electron chi connectivity index (χ1n) is 7.55. The predicted octanol–water partition coefficient (Wildman–Crippen LogP) is -0.308. The molecule has 5 nitrogen and oxygen atoms in total. The van der Waals surface area contributed by atoms with Crippen molar-refractivity contribution in [1.29, 1.82) is 0 Å². The third kappa shape index (κ3) is 4.16. The molecule has 0 aromatic carbocycles. The average Bonchev–Trinajstić information content (AvgIpc) is 2.45. The Morgan fingerprint density at radius 1 is 1.21 bits per heavy atom. The Bertz CT molecular complexity index is 289. The molecule has 1 atom stereocenters. The Hall–Kier alpha value is -0.650. The van der Waals surface area contributed by atoms with Crippen LogP contribution in [0.15, 0.2) is 0 Å². The van der Waals surface area contributed by atoms with Gasteiger partial charge in [-0.15, -0.1) is 0 Å². The second kappa shape index (κ2) is 7.22. The Labute approximate surface area is 116 Å². The maximum atomic E-state index is 12.5. The van der Waals surface area contributed by atoms with Crippen LogP contribution in [0, 0.1) is 5.92 Å². The summed E-state index contributed by atoms with van der Waals surface area (Å²) in [6.45, 7) is 8.01. The summed E-state index contributed by atoms with van der Waals surface area (Å²) in [6.07, 6.45) is 2.23. The molecule has 0 spiro atoms. The first-order valence-corrected chi connectivity index (χ1v) is 7.55. The van der Waals surface area contributed by atoms with Gasteiger partial charge >= 0.3 is 0 Å². The third-order valence-corrected chi connectivity index (χ3v) is 4.35. The molecule has 110 valence electrons. The van der Waals surface area contributed by atoms with E-state index in [0.717, 1.165) is 65.2 Å². The molecule has 2 fully saturated rings. The molecule has 0 bridgehead atoms. The summed E-state index contributed by atoms with van der Waals surface area (Å²) in [6, 6.07) is 0. The molecule has 1 unspecified atom stereocenters. The number of amides is 1. The van der Waals surface area contributed by atoms with Crippen LogP contribution in [0.25, 0.3) is 0 Å². The quantitative estimate of drug-likeness (QED) is 0.759. The second-order valence-electron chi connectivity index (χ2n) is 5.87. The Kier molecular flexibility index (Phi) is 5.60. The first kappa shape index (κ1) is 14.8. The van der Waals surface area contributed by atoms with E-state index in [9.17, 15) is 4.79 Å². The molecule has 0 radical (unpaired) electrons.